The summed E-state index contributed by atoms with van der Waals surface area (Å²) in [6.45, 7) is 0.392. The van der Waals surface area contributed by atoms with Gasteiger partial charge in [-0.25, -0.2) is 0 Å². The molecule has 1 aliphatic rings. The van der Waals surface area contributed by atoms with Gasteiger partial charge in [0.2, 0.25) is 0 Å². The molecule has 0 atom stereocenters. The standard InChI is InChI=1S/C28H28N4O2/c33-27(20-6-2-1-3-7-20)18-30-22-12-9-19(10-13-22)25-16-21-11-14-23(17-26(21)32-25)31-28(34)24-8-4-5-15-29-24/h4-5,8-17,20,30,32H,1-3,6-7,18H2,(H,31,34). The normalized spacial score (nSPS) is 14.1. The van der Waals surface area contributed by atoms with E-state index in [4.69, 9.17) is 0 Å². The molecule has 172 valence electrons. The third-order valence-corrected chi connectivity index (χ3v) is 6.50. The summed E-state index contributed by atoms with van der Waals surface area (Å²) in [5.41, 5.74) is 5.02. The number of fused-ring (bicyclic) bond motifs is 1. The lowest BCUT2D eigenvalue weighted by atomic mass is 9.86. The fourth-order valence-corrected chi connectivity index (χ4v) is 4.58. The third kappa shape index (κ3) is 5.01. The number of nitrogens with zero attached hydrogens (tertiary/aromatic N) is 1. The Labute approximate surface area is 198 Å². The predicted molar refractivity (Wildman–Crippen MR) is 136 cm³/mol. The summed E-state index contributed by atoms with van der Waals surface area (Å²) in [5.74, 6) is 0.313. The average Bonchev–Trinajstić information content (AvgIpc) is 3.32. The lowest BCUT2D eigenvalue weighted by Gasteiger charge is -2.20. The van der Waals surface area contributed by atoms with Crippen LogP contribution in [0.2, 0.25) is 0 Å². The Morgan fingerprint density at radius 1 is 0.912 bits per heavy atom. The second kappa shape index (κ2) is 9.91. The minimum absolute atomic E-state index is 0.227. The van der Waals surface area contributed by atoms with Gasteiger partial charge in [-0.15, -0.1) is 0 Å². The van der Waals surface area contributed by atoms with Crippen molar-refractivity contribution in [2.45, 2.75) is 32.1 Å². The molecule has 4 aromatic rings. The Morgan fingerprint density at radius 2 is 1.71 bits per heavy atom. The highest BCUT2D eigenvalue weighted by molar-refractivity contribution is 6.04. The first kappa shape index (κ1) is 21.9. The van der Waals surface area contributed by atoms with Crippen molar-refractivity contribution in [2.75, 3.05) is 17.2 Å². The van der Waals surface area contributed by atoms with Crippen LogP contribution in [0.5, 0.6) is 0 Å². The van der Waals surface area contributed by atoms with Gasteiger partial charge in [-0.05, 0) is 60.9 Å². The average molecular weight is 453 g/mol. The molecule has 0 unspecified atom stereocenters. The van der Waals surface area contributed by atoms with E-state index in [1.54, 1.807) is 24.4 Å². The summed E-state index contributed by atoms with van der Waals surface area (Å²) in [4.78, 5) is 32.3. The van der Waals surface area contributed by atoms with Crippen molar-refractivity contribution >= 4 is 34.0 Å². The number of hydrogen-bond donors (Lipinski definition) is 3. The second-order valence-corrected chi connectivity index (χ2v) is 8.89. The van der Waals surface area contributed by atoms with Crippen molar-refractivity contribution in [1.82, 2.24) is 9.97 Å². The molecule has 0 aliphatic heterocycles. The lowest BCUT2D eigenvalue weighted by Crippen LogP contribution is -2.24. The van der Waals surface area contributed by atoms with Gasteiger partial charge in [0.15, 0.2) is 5.78 Å². The number of amides is 1. The van der Waals surface area contributed by atoms with E-state index in [0.29, 0.717) is 23.7 Å². The molecule has 1 aliphatic carbocycles. The fraction of sp³-hybridized carbons (Fsp3) is 0.250. The smallest absolute Gasteiger partial charge is 0.274 e. The van der Waals surface area contributed by atoms with Crippen LogP contribution >= 0.6 is 0 Å². The molecule has 6 heteroatoms. The van der Waals surface area contributed by atoms with Gasteiger partial charge in [0, 0.05) is 40.1 Å². The molecule has 0 radical (unpaired) electrons. The SMILES string of the molecule is O=C(Nc1ccc2cc(-c3ccc(NCC(=O)C4CCCCC4)cc3)[nH]c2c1)c1ccccn1. The zero-order valence-electron chi connectivity index (χ0n) is 19.0. The van der Waals surface area contributed by atoms with Crippen LogP contribution in [0, 0.1) is 5.92 Å². The van der Waals surface area contributed by atoms with Gasteiger partial charge in [-0.1, -0.05) is 43.5 Å². The van der Waals surface area contributed by atoms with Gasteiger partial charge < -0.3 is 15.6 Å². The molecule has 1 amide bonds. The minimum atomic E-state index is -0.239. The zero-order chi connectivity index (χ0) is 23.3. The number of pyridine rings is 1. The van der Waals surface area contributed by atoms with Crippen molar-refractivity contribution in [3.05, 3.63) is 78.6 Å². The van der Waals surface area contributed by atoms with Crippen molar-refractivity contribution in [3.63, 3.8) is 0 Å². The molecule has 3 N–H and O–H groups in total. The van der Waals surface area contributed by atoms with Crippen LogP contribution < -0.4 is 10.6 Å². The highest BCUT2D eigenvalue weighted by Crippen LogP contribution is 2.28. The van der Waals surface area contributed by atoms with Crippen LogP contribution in [0.15, 0.2) is 72.9 Å². The maximum Gasteiger partial charge on any atom is 0.274 e. The first-order valence-electron chi connectivity index (χ1n) is 11.9. The Morgan fingerprint density at radius 3 is 2.47 bits per heavy atom. The Balaban J connectivity index is 1.24. The number of benzene rings is 2. The van der Waals surface area contributed by atoms with Gasteiger partial charge >= 0.3 is 0 Å². The van der Waals surface area contributed by atoms with E-state index in [9.17, 15) is 9.59 Å². The van der Waals surface area contributed by atoms with Crippen LogP contribution in [-0.4, -0.2) is 28.2 Å². The maximum absolute atomic E-state index is 12.4. The monoisotopic (exact) mass is 452 g/mol. The molecule has 2 aromatic heterocycles. The van der Waals surface area contributed by atoms with E-state index in [0.717, 1.165) is 40.7 Å². The molecule has 2 heterocycles. The highest BCUT2D eigenvalue weighted by atomic mass is 16.2. The maximum atomic E-state index is 12.4. The van der Waals surface area contributed by atoms with E-state index < -0.39 is 0 Å². The molecule has 1 fully saturated rings. The topological polar surface area (TPSA) is 86.9 Å². The summed E-state index contributed by atoms with van der Waals surface area (Å²) < 4.78 is 0. The number of aromatic amines is 1. The van der Waals surface area contributed by atoms with Crippen molar-refractivity contribution in [3.8, 4) is 11.3 Å². The molecule has 34 heavy (non-hydrogen) atoms. The molecular formula is C28H28N4O2. The Kier molecular flexibility index (Phi) is 6.38. The first-order valence-corrected chi connectivity index (χ1v) is 11.9. The number of carbonyl (C=O) groups excluding carboxylic acids is 2. The number of H-pyrrole nitrogens is 1. The molecule has 0 bridgehead atoms. The predicted octanol–water partition coefficient (Wildman–Crippen LogP) is 6.04. The summed E-state index contributed by atoms with van der Waals surface area (Å²) in [6, 6.07) is 21.2. The number of hydrogen-bond acceptors (Lipinski definition) is 4. The van der Waals surface area contributed by atoms with Gasteiger partial charge in [0.25, 0.3) is 5.91 Å². The van der Waals surface area contributed by atoms with Crippen LogP contribution in [-0.2, 0) is 4.79 Å². The van der Waals surface area contributed by atoms with Crippen molar-refractivity contribution < 1.29 is 9.59 Å². The summed E-state index contributed by atoms with van der Waals surface area (Å²) in [6.07, 6.45) is 7.28. The number of rotatable bonds is 7. The van der Waals surface area contributed by atoms with E-state index >= 15 is 0 Å². The van der Waals surface area contributed by atoms with Crippen LogP contribution in [0.4, 0.5) is 11.4 Å². The molecule has 2 aromatic carbocycles. The summed E-state index contributed by atoms with van der Waals surface area (Å²) in [5, 5.41) is 7.24. The summed E-state index contributed by atoms with van der Waals surface area (Å²) in [7, 11) is 0. The molecule has 6 nitrogen and oxygen atoms in total. The number of anilines is 2. The van der Waals surface area contributed by atoms with Gasteiger partial charge in [0.05, 0.1) is 6.54 Å². The molecule has 5 rings (SSSR count). The number of Topliss-reactive ketones (excluding diaryl/α,β-unsaturated/α-hetero) is 1. The van der Waals surface area contributed by atoms with Crippen molar-refractivity contribution in [2.24, 2.45) is 5.92 Å². The van der Waals surface area contributed by atoms with Crippen molar-refractivity contribution in [1.29, 1.82) is 0 Å². The van der Waals surface area contributed by atoms with Gasteiger partial charge in [-0.3, -0.25) is 14.6 Å². The number of nitrogens with one attached hydrogen (secondary N) is 3. The quantitative estimate of drug-likeness (QED) is 0.319. The molecule has 1 saturated carbocycles. The van der Waals surface area contributed by atoms with Gasteiger partial charge in [0.1, 0.15) is 5.69 Å². The zero-order valence-corrected chi connectivity index (χ0v) is 19.0. The highest BCUT2D eigenvalue weighted by Gasteiger charge is 2.20. The van der Waals surface area contributed by atoms with E-state index in [2.05, 4.69) is 26.7 Å². The van der Waals surface area contributed by atoms with Gasteiger partial charge in [-0.2, -0.15) is 0 Å². The first-order chi connectivity index (χ1) is 16.7. The number of carbonyl (C=O) groups is 2. The van der Waals surface area contributed by atoms with Crippen LogP contribution in [0.1, 0.15) is 42.6 Å². The number of ketones is 1. The van der Waals surface area contributed by atoms with Crippen LogP contribution in [0.25, 0.3) is 22.2 Å². The minimum Gasteiger partial charge on any atom is -0.378 e. The Bertz CT molecular complexity index is 1290. The Hall–Kier alpha value is -3.93. The molecule has 0 spiro atoms. The summed E-state index contributed by atoms with van der Waals surface area (Å²) >= 11 is 0. The van der Waals surface area contributed by atoms with E-state index in [-0.39, 0.29) is 11.8 Å². The lowest BCUT2D eigenvalue weighted by molar-refractivity contribution is -0.122. The van der Waals surface area contributed by atoms with E-state index in [1.807, 2.05) is 42.5 Å². The number of aromatic nitrogens is 2. The molecular weight excluding hydrogens is 424 g/mol. The fourth-order valence-electron chi connectivity index (χ4n) is 4.58. The second-order valence-electron chi connectivity index (χ2n) is 8.89. The van der Waals surface area contributed by atoms with Crippen LogP contribution in [0.3, 0.4) is 0 Å². The third-order valence-electron chi connectivity index (χ3n) is 6.50. The van der Waals surface area contributed by atoms with E-state index in [1.165, 1.54) is 19.3 Å². The molecule has 0 saturated heterocycles. The largest absolute Gasteiger partial charge is 0.378 e.